The van der Waals surface area contributed by atoms with Gasteiger partial charge in [-0.3, -0.25) is 9.36 Å². The Hall–Kier alpha value is -4.29. The quantitative estimate of drug-likeness (QED) is 0.393. The normalized spacial score (nSPS) is 15.5. The molecule has 0 unspecified atom stereocenters. The number of rotatable bonds is 5. The maximum Gasteiger partial charge on any atom is 0.338 e. The van der Waals surface area contributed by atoms with Crippen LogP contribution in [0.2, 0.25) is 0 Å². The van der Waals surface area contributed by atoms with Crippen molar-refractivity contribution in [2.75, 3.05) is 6.61 Å². The molecule has 180 valence electrons. The molecule has 0 aliphatic carbocycles. The standard InChI is InChI=1S/C27H21FN4O3S/c1-3-35-26(34)23-16(2)30-27-32(24(23)17-8-10-19(28)11-9-17)25(33)22(36-27)14-18-15-31(13-12-29)21-7-5-4-6-20(18)21/h4-11,14-15,24H,3,13H2,1-2H3/b22-14-/t24-/m0/s1. The van der Waals surface area contributed by atoms with E-state index in [9.17, 15) is 19.2 Å². The van der Waals surface area contributed by atoms with Crippen molar-refractivity contribution in [1.29, 1.82) is 5.26 Å². The monoisotopic (exact) mass is 500 g/mol. The second-order valence-electron chi connectivity index (χ2n) is 8.24. The van der Waals surface area contributed by atoms with Crippen LogP contribution in [0, 0.1) is 17.1 Å². The number of benzene rings is 2. The van der Waals surface area contributed by atoms with E-state index in [1.807, 2.05) is 35.0 Å². The minimum atomic E-state index is -0.803. The largest absolute Gasteiger partial charge is 0.463 e. The number of fused-ring (bicyclic) bond motifs is 2. The Labute approximate surface area is 209 Å². The number of aromatic nitrogens is 2. The number of nitriles is 1. The number of nitrogens with zero attached hydrogens (tertiary/aromatic N) is 4. The van der Waals surface area contributed by atoms with Crippen LogP contribution in [0.3, 0.4) is 0 Å². The van der Waals surface area contributed by atoms with E-state index in [2.05, 4.69) is 11.1 Å². The lowest BCUT2D eigenvalue weighted by atomic mass is 9.96. The van der Waals surface area contributed by atoms with Crippen LogP contribution >= 0.6 is 11.3 Å². The fourth-order valence-electron chi connectivity index (χ4n) is 4.49. The predicted molar refractivity (Wildman–Crippen MR) is 134 cm³/mol. The van der Waals surface area contributed by atoms with Gasteiger partial charge >= 0.3 is 5.97 Å². The molecule has 0 bridgehead atoms. The van der Waals surface area contributed by atoms with Crippen LogP contribution in [0.1, 0.15) is 31.0 Å². The first-order valence-electron chi connectivity index (χ1n) is 11.3. The van der Waals surface area contributed by atoms with Crippen molar-refractivity contribution in [3.8, 4) is 6.07 Å². The summed E-state index contributed by atoms with van der Waals surface area (Å²) in [6.07, 6.45) is 3.63. The molecule has 1 aliphatic rings. The highest BCUT2D eigenvalue weighted by Crippen LogP contribution is 2.31. The first-order chi connectivity index (χ1) is 17.4. The maximum absolute atomic E-state index is 13.7. The molecule has 0 N–H and O–H groups in total. The summed E-state index contributed by atoms with van der Waals surface area (Å²) in [5.74, 6) is -0.986. The van der Waals surface area contributed by atoms with Crippen molar-refractivity contribution in [1.82, 2.24) is 9.13 Å². The molecule has 0 saturated carbocycles. The molecule has 0 radical (unpaired) electrons. The molecule has 0 fully saturated rings. The summed E-state index contributed by atoms with van der Waals surface area (Å²) in [4.78, 5) is 31.7. The highest BCUT2D eigenvalue weighted by Gasteiger charge is 2.33. The van der Waals surface area contributed by atoms with Gasteiger partial charge in [-0.25, -0.2) is 14.2 Å². The third kappa shape index (κ3) is 3.95. The molecule has 1 atom stereocenters. The lowest BCUT2D eigenvalue weighted by Crippen LogP contribution is -2.39. The summed E-state index contributed by atoms with van der Waals surface area (Å²) in [7, 11) is 0. The van der Waals surface area contributed by atoms with E-state index in [0.717, 1.165) is 16.5 Å². The third-order valence-corrected chi connectivity index (χ3v) is 7.03. The van der Waals surface area contributed by atoms with E-state index < -0.39 is 17.8 Å². The second-order valence-corrected chi connectivity index (χ2v) is 9.25. The number of allylic oxidation sites excluding steroid dienone is 1. The number of ether oxygens (including phenoxy) is 1. The van der Waals surface area contributed by atoms with Crippen molar-refractivity contribution in [3.05, 3.63) is 103 Å². The van der Waals surface area contributed by atoms with Crippen LogP contribution in [0.15, 0.2) is 75.8 Å². The Balaban J connectivity index is 1.74. The summed E-state index contributed by atoms with van der Waals surface area (Å²) < 4.78 is 22.7. The van der Waals surface area contributed by atoms with E-state index in [1.165, 1.54) is 28.0 Å². The molecule has 5 rings (SSSR count). The Morgan fingerprint density at radius 2 is 2.00 bits per heavy atom. The first kappa shape index (κ1) is 23.5. The summed E-state index contributed by atoms with van der Waals surface area (Å²) >= 11 is 1.21. The Morgan fingerprint density at radius 1 is 1.25 bits per heavy atom. The summed E-state index contributed by atoms with van der Waals surface area (Å²) in [5.41, 5.74) is 2.63. The van der Waals surface area contributed by atoms with E-state index in [4.69, 9.17) is 4.74 Å². The van der Waals surface area contributed by atoms with Crippen LogP contribution in [0.5, 0.6) is 0 Å². The molecule has 4 aromatic rings. The molecule has 36 heavy (non-hydrogen) atoms. The van der Waals surface area contributed by atoms with Crippen LogP contribution in [0.4, 0.5) is 4.39 Å². The molecule has 2 aromatic carbocycles. The van der Waals surface area contributed by atoms with Crippen LogP contribution in [-0.4, -0.2) is 21.7 Å². The number of esters is 1. The van der Waals surface area contributed by atoms with Crippen molar-refractivity contribution >= 4 is 34.3 Å². The number of thiazole rings is 1. The third-order valence-electron chi connectivity index (χ3n) is 6.05. The number of hydrogen-bond acceptors (Lipinski definition) is 6. The van der Waals surface area contributed by atoms with Gasteiger partial charge in [0.05, 0.1) is 34.5 Å². The van der Waals surface area contributed by atoms with E-state index in [0.29, 0.717) is 20.6 Å². The number of hydrogen-bond donors (Lipinski definition) is 0. The summed E-state index contributed by atoms with van der Waals surface area (Å²) in [5, 5.41) is 10.1. The van der Waals surface area contributed by atoms with Crippen LogP contribution in [0.25, 0.3) is 17.0 Å². The Morgan fingerprint density at radius 3 is 2.72 bits per heavy atom. The van der Waals surface area contributed by atoms with Gasteiger partial charge in [-0.05, 0) is 43.7 Å². The van der Waals surface area contributed by atoms with Crippen molar-refractivity contribution in [2.45, 2.75) is 26.4 Å². The summed E-state index contributed by atoms with van der Waals surface area (Å²) in [6, 6.07) is 14.7. The average Bonchev–Trinajstić information content (AvgIpc) is 3.36. The molecule has 3 heterocycles. The van der Waals surface area contributed by atoms with Gasteiger partial charge in [-0.15, -0.1) is 0 Å². The van der Waals surface area contributed by atoms with E-state index in [-0.39, 0.29) is 24.3 Å². The molecule has 2 aromatic heterocycles. The number of carbonyl (C=O) groups is 1. The zero-order valence-electron chi connectivity index (χ0n) is 19.6. The molecule has 1 aliphatic heterocycles. The van der Waals surface area contributed by atoms with E-state index >= 15 is 0 Å². The highest BCUT2D eigenvalue weighted by atomic mass is 32.1. The average molecular weight is 501 g/mol. The highest BCUT2D eigenvalue weighted by molar-refractivity contribution is 7.07. The van der Waals surface area contributed by atoms with Crippen molar-refractivity contribution in [3.63, 3.8) is 0 Å². The van der Waals surface area contributed by atoms with Crippen LogP contribution in [-0.2, 0) is 16.1 Å². The molecule has 9 heteroatoms. The summed E-state index contributed by atoms with van der Waals surface area (Å²) in [6.45, 7) is 3.76. The lowest BCUT2D eigenvalue weighted by molar-refractivity contribution is -0.139. The Bertz CT molecular complexity index is 1750. The molecule has 0 saturated heterocycles. The minimum Gasteiger partial charge on any atom is -0.463 e. The molecular weight excluding hydrogens is 479 g/mol. The molecule has 7 nitrogen and oxygen atoms in total. The van der Waals surface area contributed by atoms with Crippen molar-refractivity contribution < 1.29 is 13.9 Å². The number of carbonyl (C=O) groups excluding carboxylic acids is 1. The van der Waals surface area contributed by atoms with Gasteiger partial charge in [0.25, 0.3) is 5.56 Å². The maximum atomic E-state index is 13.7. The smallest absolute Gasteiger partial charge is 0.338 e. The SMILES string of the molecule is CCOC(=O)C1=C(C)N=c2s/c(=C\c3cn(CC#N)c4ccccc34)c(=O)n2[C@H]1c1ccc(F)cc1. The fraction of sp³-hybridized carbons (Fsp3) is 0.185. The minimum absolute atomic E-state index is 0.170. The topological polar surface area (TPSA) is 89.4 Å². The molecule has 0 amide bonds. The zero-order chi connectivity index (χ0) is 25.4. The van der Waals surface area contributed by atoms with Gasteiger partial charge in [0, 0.05) is 22.7 Å². The fourth-order valence-corrected chi connectivity index (χ4v) is 5.53. The molecular formula is C27H21FN4O3S. The van der Waals surface area contributed by atoms with Gasteiger partial charge in [0.15, 0.2) is 4.80 Å². The second kappa shape index (κ2) is 9.40. The number of para-hydroxylation sites is 1. The predicted octanol–water partition coefficient (Wildman–Crippen LogP) is 3.42. The van der Waals surface area contributed by atoms with Gasteiger partial charge in [-0.2, -0.15) is 5.26 Å². The Kier molecular flexibility index (Phi) is 6.12. The number of halogens is 1. The van der Waals surface area contributed by atoms with Gasteiger partial charge in [-0.1, -0.05) is 41.7 Å². The van der Waals surface area contributed by atoms with E-state index in [1.54, 1.807) is 32.1 Å². The van der Waals surface area contributed by atoms with Crippen molar-refractivity contribution in [2.24, 2.45) is 4.99 Å². The van der Waals surface area contributed by atoms with Crippen LogP contribution < -0.4 is 14.9 Å². The van der Waals surface area contributed by atoms with Gasteiger partial charge in [0.2, 0.25) is 0 Å². The van der Waals surface area contributed by atoms with Gasteiger partial charge < -0.3 is 9.30 Å². The zero-order valence-corrected chi connectivity index (χ0v) is 20.4. The first-order valence-corrected chi connectivity index (χ1v) is 12.1. The lowest BCUT2D eigenvalue weighted by Gasteiger charge is -2.24. The van der Waals surface area contributed by atoms with Gasteiger partial charge in [0.1, 0.15) is 12.4 Å². The molecule has 0 spiro atoms.